The fourth-order valence-electron chi connectivity index (χ4n) is 2.78. The van der Waals surface area contributed by atoms with Crippen molar-refractivity contribution in [3.8, 4) is 23.1 Å². The summed E-state index contributed by atoms with van der Waals surface area (Å²) < 4.78 is 17.0. The number of aromatic nitrogens is 1. The minimum atomic E-state index is -0.260. The van der Waals surface area contributed by atoms with Gasteiger partial charge < -0.3 is 19.1 Å². The number of methoxy groups -OCH3 is 1. The molecule has 0 aliphatic heterocycles. The van der Waals surface area contributed by atoms with E-state index in [0.717, 1.165) is 11.3 Å². The van der Waals surface area contributed by atoms with Gasteiger partial charge in [-0.1, -0.05) is 41.4 Å². The van der Waals surface area contributed by atoms with Crippen molar-refractivity contribution in [2.45, 2.75) is 0 Å². The predicted octanol–water partition coefficient (Wildman–Crippen LogP) is 6.45. The van der Waals surface area contributed by atoms with E-state index in [0.29, 0.717) is 40.3 Å². The van der Waals surface area contributed by atoms with Gasteiger partial charge in [-0.2, -0.15) is 0 Å². The van der Waals surface area contributed by atoms with E-state index in [9.17, 15) is 4.79 Å². The second-order valence-corrected chi connectivity index (χ2v) is 8.11. The third-order valence-corrected chi connectivity index (χ3v) is 5.29. The van der Waals surface area contributed by atoms with Crippen molar-refractivity contribution >= 4 is 47.5 Å². The van der Waals surface area contributed by atoms with Crippen LogP contribution in [-0.2, 0) is 0 Å². The Morgan fingerprint density at radius 1 is 1.06 bits per heavy atom. The number of pyridine rings is 1. The van der Waals surface area contributed by atoms with Crippen LogP contribution in [0.15, 0.2) is 60.8 Å². The number of likely N-dealkylation sites (N-methyl/N-ethyl adjacent to an activating group) is 1. The number of rotatable bonds is 10. The molecule has 0 fully saturated rings. The summed E-state index contributed by atoms with van der Waals surface area (Å²) >= 11 is 12.4. The van der Waals surface area contributed by atoms with E-state index in [1.54, 1.807) is 43.6 Å². The normalized spacial score (nSPS) is 10.8. The fraction of sp³-hybridized carbons (Fsp3) is 0.200. The van der Waals surface area contributed by atoms with Gasteiger partial charge in [0.05, 0.1) is 22.7 Å². The molecule has 0 unspecified atom stereocenters. The SMILES string of the molecule is COc1ccc(C=CC(=O)c2cccnc2Oc2cc(Cl)c(Cl)cc2OCCN(C)C)cc1.Cl. The monoisotopic (exact) mass is 522 g/mol. The second-order valence-electron chi connectivity index (χ2n) is 7.29. The first-order chi connectivity index (χ1) is 15.9. The number of carbonyl (C=O) groups excluding carboxylic acids is 1. The molecule has 9 heteroatoms. The Hall–Kier alpha value is -2.77. The first-order valence-electron chi connectivity index (χ1n) is 10.1. The Kier molecular flexibility index (Phi) is 10.7. The van der Waals surface area contributed by atoms with Crippen molar-refractivity contribution in [3.05, 3.63) is 82.0 Å². The van der Waals surface area contributed by atoms with Crippen LogP contribution in [0.5, 0.6) is 23.1 Å². The third-order valence-electron chi connectivity index (χ3n) is 4.57. The zero-order valence-corrected chi connectivity index (χ0v) is 21.3. The van der Waals surface area contributed by atoms with Gasteiger partial charge >= 0.3 is 0 Å². The van der Waals surface area contributed by atoms with Gasteiger partial charge in [-0.05, 0) is 50.0 Å². The molecular formula is C25H25Cl3N2O4. The molecule has 0 aliphatic rings. The number of hydrogen-bond donors (Lipinski definition) is 0. The number of allylic oxidation sites excluding steroid dienone is 1. The standard InChI is InChI=1S/C25H24Cl2N2O4.ClH/c1-29(2)13-14-32-23-15-20(26)21(27)16-24(23)33-25-19(5-4-12-28-25)22(30)11-8-17-6-9-18(31-3)10-7-17;/h4-12,15-16H,13-14H2,1-3H3;1H. The number of halogens is 3. The molecule has 0 amide bonds. The number of nitrogens with zero attached hydrogens (tertiary/aromatic N) is 2. The van der Waals surface area contributed by atoms with Crippen molar-refractivity contribution < 1.29 is 19.0 Å². The molecule has 0 N–H and O–H groups in total. The summed E-state index contributed by atoms with van der Waals surface area (Å²) in [6.07, 6.45) is 4.73. The van der Waals surface area contributed by atoms with Crippen molar-refractivity contribution in [2.75, 3.05) is 34.4 Å². The average Bonchev–Trinajstić information content (AvgIpc) is 2.81. The summed E-state index contributed by atoms with van der Waals surface area (Å²) in [5.74, 6) is 1.34. The third kappa shape index (κ3) is 7.64. The van der Waals surface area contributed by atoms with E-state index in [4.69, 9.17) is 37.4 Å². The highest BCUT2D eigenvalue weighted by Crippen LogP contribution is 2.38. The van der Waals surface area contributed by atoms with Gasteiger partial charge in [-0.25, -0.2) is 4.98 Å². The smallest absolute Gasteiger partial charge is 0.230 e. The average molecular weight is 524 g/mol. The molecule has 34 heavy (non-hydrogen) atoms. The summed E-state index contributed by atoms with van der Waals surface area (Å²) in [6.45, 7) is 1.11. The maximum atomic E-state index is 12.9. The number of carbonyl (C=O) groups is 1. The van der Waals surface area contributed by atoms with E-state index >= 15 is 0 Å². The largest absolute Gasteiger partial charge is 0.497 e. The van der Waals surface area contributed by atoms with Gasteiger partial charge in [-0.3, -0.25) is 4.79 Å². The number of ketones is 1. The van der Waals surface area contributed by atoms with Gasteiger partial charge in [0.1, 0.15) is 12.4 Å². The molecule has 2 aromatic carbocycles. The summed E-state index contributed by atoms with van der Waals surface area (Å²) in [5.41, 5.74) is 1.16. The molecule has 6 nitrogen and oxygen atoms in total. The predicted molar refractivity (Wildman–Crippen MR) is 138 cm³/mol. The highest BCUT2D eigenvalue weighted by atomic mass is 35.5. The second kappa shape index (κ2) is 13.2. The molecule has 1 heterocycles. The van der Waals surface area contributed by atoms with Crippen LogP contribution in [-0.4, -0.2) is 50.0 Å². The van der Waals surface area contributed by atoms with E-state index < -0.39 is 0 Å². The van der Waals surface area contributed by atoms with Crippen LogP contribution < -0.4 is 14.2 Å². The topological polar surface area (TPSA) is 60.9 Å². The van der Waals surface area contributed by atoms with Crippen LogP contribution in [0.1, 0.15) is 15.9 Å². The number of hydrogen-bond acceptors (Lipinski definition) is 6. The van der Waals surface area contributed by atoms with E-state index in [2.05, 4.69) is 4.98 Å². The molecule has 0 spiro atoms. The van der Waals surface area contributed by atoms with Gasteiger partial charge in [0.15, 0.2) is 17.3 Å². The van der Waals surface area contributed by atoms with Crippen LogP contribution in [0.2, 0.25) is 10.0 Å². The summed E-state index contributed by atoms with van der Waals surface area (Å²) in [4.78, 5) is 19.1. The van der Waals surface area contributed by atoms with Crippen molar-refractivity contribution in [1.29, 1.82) is 0 Å². The lowest BCUT2D eigenvalue weighted by molar-refractivity contribution is 0.104. The molecule has 180 valence electrons. The minimum absolute atomic E-state index is 0. The Morgan fingerprint density at radius 2 is 1.74 bits per heavy atom. The molecule has 1 aromatic heterocycles. The van der Waals surface area contributed by atoms with Crippen LogP contribution >= 0.6 is 35.6 Å². The minimum Gasteiger partial charge on any atom is -0.497 e. The zero-order valence-electron chi connectivity index (χ0n) is 19.0. The summed E-state index contributed by atoms with van der Waals surface area (Å²) in [5, 5.41) is 0.637. The lowest BCUT2D eigenvalue weighted by Gasteiger charge is -2.16. The van der Waals surface area contributed by atoms with Crippen LogP contribution in [0.3, 0.4) is 0 Å². The summed E-state index contributed by atoms with van der Waals surface area (Å²) in [6, 6.07) is 13.8. The number of benzene rings is 2. The van der Waals surface area contributed by atoms with Gasteiger partial charge in [-0.15, -0.1) is 12.4 Å². The molecule has 0 saturated heterocycles. The van der Waals surface area contributed by atoms with Crippen molar-refractivity contribution in [3.63, 3.8) is 0 Å². The first kappa shape index (κ1) is 27.5. The Bertz CT molecular complexity index is 1140. The first-order valence-corrected chi connectivity index (χ1v) is 10.9. The van der Waals surface area contributed by atoms with Gasteiger partial charge in [0.25, 0.3) is 0 Å². The van der Waals surface area contributed by atoms with Gasteiger partial charge in [0.2, 0.25) is 5.88 Å². The van der Waals surface area contributed by atoms with Crippen LogP contribution in [0, 0.1) is 0 Å². The molecule has 0 aliphatic carbocycles. The lowest BCUT2D eigenvalue weighted by Crippen LogP contribution is -2.19. The van der Waals surface area contributed by atoms with Crippen LogP contribution in [0.25, 0.3) is 6.08 Å². The Balaban J connectivity index is 0.00000408. The highest BCUT2D eigenvalue weighted by molar-refractivity contribution is 6.42. The molecular weight excluding hydrogens is 499 g/mol. The van der Waals surface area contributed by atoms with E-state index in [1.807, 2.05) is 43.3 Å². The maximum absolute atomic E-state index is 12.9. The molecule has 0 atom stereocenters. The van der Waals surface area contributed by atoms with Crippen molar-refractivity contribution in [1.82, 2.24) is 9.88 Å². The molecule has 0 bridgehead atoms. The van der Waals surface area contributed by atoms with Gasteiger partial charge in [0, 0.05) is 24.9 Å². The van der Waals surface area contributed by atoms with E-state index in [1.165, 1.54) is 6.08 Å². The Labute approximate surface area is 215 Å². The maximum Gasteiger partial charge on any atom is 0.230 e. The van der Waals surface area contributed by atoms with Crippen molar-refractivity contribution in [2.24, 2.45) is 0 Å². The molecule has 3 aromatic rings. The molecule has 0 radical (unpaired) electrons. The van der Waals surface area contributed by atoms with Crippen LogP contribution in [0.4, 0.5) is 0 Å². The number of ether oxygens (including phenoxy) is 3. The molecule has 3 rings (SSSR count). The highest BCUT2D eigenvalue weighted by Gasteiger charge is 2.17. The van der Waals surface area contributed by atoms with E-state index in [-0.39, 0.29) is 24.1 Å². The Morgan fingerprint density at radius 3 is 2.38 bits per heavy atom. The zero-order chi connectivity index (χ0) is 23.8. The quantitative estimate of drug-likeness (QED) is 0.225. The fourth-order valence-corrected chi connectivity index (χ4v) is 3.09. The molecule has 0 saturated carbocycles. The lowest BCUT2D eigenvalue weighted by atomic mass is 10.1. The summed E-state index contributed by atoms with van der Waals surface area (Å²) in [7, 11) is 5.49.